The molecular formula is C17H17NO. The second-order valence-electron chi connectivity index (χ2n) is 4.34. The Bertz CT molecular complexity index is 546. The van der Waals surface area contributed by atoms with E-state index in [1.165, 1.54) is 5.56 Å². The first kappa shape index (κ1) is 13.1. The molecule has 0 atom stereocenters. The van der Waals surface area contributed by atoms with Crippen LogP contribution >= 0.6 is 0 Å². The van der Waals surface area contributed by atoms with Gasteiger partial charge in [-0.15, -0.1) is 0 Å². The Morgan fingerprint density at radius 2 is 1.53 bits per heavy atom. The van der Waals surface area contributed by atoms with Gasteiger partial charge in [-0.2, -0.15) is 0 Å². The molecule has 0 unspecified atom stereocenters. The first-order valence-electron chi connectivity index (χ1n) is 6.34. The number of allylic oxidation sites excluding steroid dienone is 1. The maximum absolute atomic E-state index is 12.0. The Kier molecular flexibility index (Phi) is 4.51. The van der Waals surface area contributed by atoms with Crippen molar-refractivity contribution in [2.75, 3.05) is 6.54 Å². The molecule has 0 amide bonds. The van der Waals surface area contributed by atoms with Crippen LogP contribution in [0.1, 0.15) is 15.9 Å². The lowest BCUT2D eigenvalue weighted by molar-refractivity contribution is 0.102. The molecule has 0 aromatic heterocycles. The van der Waals surface area contributed by atoms with Gasteiger partial charge < -0.3 is 5.32 Å². The quantitative estimate of drug-likeness (QED) is 0.631. The number of benzene rings is 2. The predicted octanol–water partition coefficient (Wildman–Crippen LogP) is 3.22. The van der Waals surface area contributed by atoms with E-state index < -0.39 is 0 Å². The van der Waals surface area contributed by atoms with Crippen LogP contribution in [0.4, 0.5) is 0 Å². The topological polar surface area (TPSA) is 29.1 Å². The molecule has 2 nitrogen and oxygen atoms in total. The molecule has 0 bridgehead atoms. The lowest BCUT2D eigenvalue weighted by atomic mass is 10.1. The Balaban J connectivity index is 1.84. The number of hydrogen-bond donors (Lipinski definition) is 1. The SMILES string of the molecule is C=C(NCCc1ccccc1)C(=O)c1ccccc1. The van der Waals surface area contributed by atoms with Crippen LogP contribution in [0.3, 0.4) is 0 Å². The summed E-state index contributed by atoms with van der Waals surface area (Å²) in [6, 6.07) is 19.4. The number of Topliss-reactive ketones (excluding diaryl/α,β-unsaturated/α-hetero) is 1. The Labute approximate surface area is 113 Å². The summed E-state index contributed by atoms with van der Waals surface area (Å²) in [5, 5.41) is 3.09. The van der Waals surface area contributed by atoms with Crippen LogP contribution in [-0.4, -0.2) is 12.3 Å². The van der Waals surface area contributed by atoms with Crippen molar-refractivity contribution in [1.29, 1.82) is 0 Å². The fourth-order valence-electron chi connectivity index (χ4n) is 1.85. The molecule has 1 N–H and O–H groups in total. The molecule has 2 aromatic rings. The zero-order valence-corrected chi connectivity index (χ0v) is 10.8. The summed E-state index contributed by atoms with van der Waals surface area (Å²) in [6.45, 7) is 4.51. The van der Waals surface area contributed by atoms with E-state index in [-0.39, 0.29) is 5.78 Å². The highest BCUT2D eigenvalue weighted by molar-refractivity contribution is 6.07. The molecule has 2 aromatic carbocycles. The van der Waals surface area contributed by atoms with Crippen molar-refractivity contribution >= 4 is 5.78 Å². The summed E-state index contributed by atoms with van der Waals surface area (Å²) >= 11 is 0. The van der Waals surface area contributed by atoms with Crippen molar-refractivity contribution in [3.05, 3.63) is 84.1 Å². The van der Waals surface area contributed by atoms with Crippen molar-refractivity contribution in [2.24, 2.45) is 0 Å². The number of ketones is 1. The average molecular weight is 251 g/mol. The molecule has 0 spiro atoms. The predicted molar refractivity (Wildman–Crippen MR) is 78.1 cm³/mol. The fourth-order valence-corrected chi connectivity index (χ4v) is 1.85. The van der Waals surface area contributed by atoms with Gasteiger partial charge in [-0.3, -0.25) is 4.79 Å². The molecule has 0 aliphatic rings. The van der Waals surface area contributed by atoms with Gasteiger partial charge in [-0.25, -0.2) is 0 Å². The van der Waals surface area contributed by atoms with E-state index >= 15 is 0 Å². The number of nitrogens with one attached hydrogen (secondary N) is 1. The Morgan fingerprint density at radius 1 is 0.947 bits per heavy atom. The van der Waals surface area contributed by atoms with Gasteiger partial charge in [0.15, 0.2) is 0 Å². The third-order valence-corrected chi connectivity index (χ3v) is 2.90. The summed E-state index contributed by atoms with van der Waals surface area (Å²) in [7, 11) is 0. The van der Waals surface area contributed by atoms with E-state index in [1.54, 1.807) is 12.1 Å². The maximum atomic E-state index is 12.0. The first-order valence-corrected chi connectivity index (χ1v) is 6.34. The second kappa shape index (κ2) is 6.55. The summed E-state index contributed by atoms with van der Waals surface area (Å²) in [4.78, 5) is 12.0. The number of hydrogen-bond acceptors (Lipinski definition) is 2. The van der Waals surface area contributed by atoms with E-state index in [0.29, 0.717) is 17.8 Å². The van der Waals surface area contributed by atoms with E-state index in [1.807, 2.05) is 36.4 Å². The zero-order valence-electron chi connectivity index (χ0n) is 10.8. The fraction of sp³-hybridized carbons (Fsp3) is 0.118. The van der Waals surface area contributed by atoms with Gasteiger partial charge in [-0.1, -0.05) is 67.2 Å². The third-order valence-electron chi connectivity index (χ3n) is 2.90. The first-order chi connectivity index (χ1) is 9.27. The van der Waals surface area contributed by atoms with Crippen molar-refractivity contribution in [2.45, 2.75) is 6.42 Å². The van der Waals surface area contributed by atoms with Gasteiger partial charge in [0.2, 0.25) is 5.78 Å². The molecule has 0 aliphatic heterocycles. The van der Waals surface area contributed by atoms with E-state index in [2.05, 4.69) is 24.0 Å². The molecular weight excluding hydrogens is 234 g/mol. The van der Waals surface area contributed by atoms with Crippen LogP contribution in [0.15, 0.2) is 72.9 Å². The lowest BCUT2D eigenvalue weighted by Gasteiger charge is -2.08. The molecule has 0 fully saturated rings. The van der Waals surface area contributed by atoms with Gasteiger partial charge in [0.25, 0.3) is 0 Å². The molecule has 19 heavy (non-hydrogen) atoms. The normalized spacial score (nSPS) is 9.89. The molecule has 0 saturated heterocycles. The minimum Gasteiger partial charge on any atom is -0.382 e. The van der Waals surface area contributed by atoms with Gasteiger partial charge in [0.05, 0.1) is 5.70 Å². The average Bonchev–Trinajstić information content (AvgIpc) is 2.48. The molecule has 0 saturated carbocycles. The number of rotatable bonds is 6. The largest absolute Gasteiger partial charge is 0.382 e. The van der Waals surface area contributed by atoms with E-state index in [9.17, 15) is 4.79 Å². The van der Waals surface area contributed by atoms with Crippen LogP contribution in [0.5, 0.6) is 0 Å². The molecule has 2 rings (SSSR count). The molecule has 0 radical (unpaired) electrons. The zero-order chi connectivity index (χ0) is 13.5. The van der Waals surface area contributed by atoms with Crippen molar-refractivity contribution < 1.29 is 4.79 Å². The van der Waals surface area contributed by atoms with Crippen LogP contribution < -0.4 is 5.32 Å². The van der Waals surface area contributed by atoms with Gasteiger partial charge >= 0.3 is 0 Å². The summed E-state index contributed by atoms with van der Waals surface area (Å²) in [5.74, 6) is -0.0475. The minimum absolute atomic E-state index is 0.0475. The Hall–Kier alpha value is -2.35. The van der Waals surface area contributed by atoms with Crippen molar-refractivity contribution in [1.82, 2.24) is 5.32 Å². The van der Waals surface area contributed by atoms with E-state index in [4.69, 9.17) is 0 Å². The van der Waals surface area contributed by atoms with Crippen LogP contribution in [0.2, 0.25) is 0 Å². The Morgan fingerprint density at radius 3 is 2.16 bits per heavy atom. The van der Waals surface area contributed by atoms with Crippen molar-refractivity contribution in [3.63, 3.8) is 0 Å². The molecule has 0 aliphatic carbocycles. The molecule has 96 valence electrons. The number of carbonyl (C=O) groups is 1. The van der Waals surface area contributed by atoms with Gasteiger partial charge in [0.1, 0.15) is 0 Å². The standard InChI is InChI=1S/C17H17NO/c1-14(17(19)16-10-6-3-7-11-16)18-13-12-15-8-4-2-5-9-15/h2-11,18H,1,12-13H2. The second-order valence-corrected chi connectivity index (χ2v) is 4.34. The monoisotopic (exact) mass is 251 g/mol. The summed E-state index contributed by atoms with van der Waals surface area (Å²) in [5.41, 5.74) is 2.36. The van der Waals surface area contributed by atoms with Gasteiger partial charge in [0, 0.05) is 12.1 Å². The van der Waals surface area contributed by atoms with Crippen LogP contribution in [-0.2, 0) is 6.42 Å². The number of carbonyl (C=O) groups excluding carboxylic acids is 1. The summed E-state index contributed by atoms with van der Waals surface area (Å²) in [6.07, 6.45) is 0.877. The maximum Gasteiger partial charge on any atom is 0.208 e. The highest BCUT2D eigenvalue weighted by Gasteiger charge is 2.08. The molecule has 0 heterocycles. The highest BCUT2D eigenvalue weighted by atomic mass is 16.1. The van der Waals surface area contributed by atoms with E-state index in [0.717, 1.165) is 6.42 Å². The van der Waals surface area contributed by atoms with Gasteiger partial charge in [-0.05, 0) is 12.0 Å². The third kappa shape index (κ3) is 3.81. The lowest BCUT2D eigenvalue weighted by Crippen LogP contribution is -2.22. The summed E-state index contributed by atoms with van der Waals surface area (Å²) < 4.78 is 0. The highest BCUT2D eigenvalue weighted by Crippen LogP contribution is 2.05. The van der Waals surface area contributed by atoms with Crippen LogP contribution in [0, 0.1) is 0 Å². The minimum atomic E-state index is -0.0475. The molecule has 2 heteroatoms. The smallest absolute Gasteiger partial charge is 0.208 e. The van der Waals surface area contributed by atoms with Crippen molar-refractivity contribution in [3.8, 4) is 0 Å². The van der Waals surface area contributed by atoms with Crippen LogP contribution in [0.25, 0.3) is 0 Å².